The van der Waals surface area contributed by atoms with Crippen molar-refractivity contribution in [2.75, 3.05) is 6.61 Å². The number of ether oxygens (including phenoxy) is 2. The Morgan fingerprint density at radius 1 is 0.892 bits per heavy atom. The summed E-state index contributed by atoms with van der Waals surface area (Å²) in [6.07, 6.45) is -0.00378. The van der Waals surface area contributed by atoms with Crippen LogP contribution in [0.3, 0.4) is 0 Å². The van der Waals surface area contributed by atoms with Crippen molar-refractivity contribution in [3.8, 4) is 11.1 Å². The fourth-order valence-electron chi connectivity index (χ4n) is 4.54. The molecule has 3 aromatic carbocycles. The van der Waals surface area contributed by atoms with Crippen LogP contribution in [0.2, 0.25) is 0 Å². The lowest BCUT2D eigenvalue weighted by atomic mass is 9.92. The minimum atomic E-state index is -0.763. The van der Waals surface area contributed by atoms with Crippen LogP contribution < -0.4 is 0 Å². The van der Waals surface area contributed by atoms with Crippen molar-refractivity contribution >= 4 is 18.0 Å². The smallest absolute Gasteiger partial charge is 0.416 e. The Balaban J connectivity index is 1.55. The van der Waals surface area contributed by atoms with E-state index in [2.05, 4.69) is 0 Å². The number of carbonyl (C=O) groups is 3. The highest BCUT2D eigenvalue weighted by Gasteiger charge is 2.41. The highest BCUT2D eigenvalue weighted by molar-refractivity contribution is 5.96. The standard InChI is InChI=1S/C31H33NO5/c1-31(2,3)37-28(33)20-26(18-23-14-16-25(17-15-23)24-12-8-5-9-13-24)29(34)32-27(21-36-30(32)35)19-22-10-6-4-7-11-22/h4-17,26-27H,18-21H2,1-3H3/t26-,27+/m0/s1. The van der Waals surface area contributed by atoms with Crippen molar-refractivity contribution < 1.29 is 23.9 Å². The maximum absolute atomic E-state index is 13.8. The van der Waals surface area contributed by atoms with Gasteiger partial charge in [0.2, 0.25) is 5.91 Å². The third-order valence-electron chi connectivity index (χ3n) is 6.24. The molecule has 1 aliphatic rings. The van der Waals surface area contributed by atoms with E-state index in [1.165, 1.54) is 4.90 Å². The fourth-order valence-corrected chi connectivity index (χ4v) is 4.54. The van der Waals surface area contributed by atoms with Crippen LogP contribution in [0.4, 0.5) is 4.79 Å². The second kappa shape index (κ2) is 11.4. The Kier molecular flexibility index (Phi) is 8.07. The molecule has 1 aliphatic heterocycles. The average molecular weight is 500 g/mol. The van der Waals surface area contributed by atoms with Gasteiger partial charge in [-0.2, -0.15) is 0 Å². The molecule has 6 nitrogen and oxygen atoms in total. The van der Waals surface area contributed by atoms with E-state index in [-0.39, 0.29) is 13.0 Å². The number of carbonyl (C=O) groups excluding carboxylic acids is 3. The molecule has 3 aromatic rings. The van der Waals surface area contributed by atoms with Crippen molar-refractivity contribution in [2.45, 2.75) is 51.7 Å². The van der Waals surface area contributed by atoms with E-state index in [0.717, 1.165) is 22.3 Å². The Hall–Kier alpha value is -3.93. The van der Waals surface area contributed by atoms with Gasteiger partial charge in [0.05, 0.1) is 18.4 Å². The van der Waals surface area contributed by atoms with E-state index in [9.17, 15) is 14.4 Å². The molecule has 0 aliphatic carbocycles. The highest BCUT2D eigenvalue weighted by atomic mass is 16.6. The van der Waals surface area contributed by atoms with E-state index in [0.29, 0.717) is 12.8 Å². The summed E-state index contributed by atoms with van der Waals surface area (Å²) in [6, 6.07) is 27.2. The summed E-state index contributed by atoms with van der Waals surface area (Å²) in [5.74, 6) is -1.65. The van der Waals surface area contributed by atoms with Crippen LogP contribution in [0.1, 0.15) is 38.3 Å². The number of amides is 2. The summed E-state index contributed by atoms with van der Waals surface area (Å²) in [6.45, 7) is 5.50. The molecule has 0 spiro atoms. The normalized spacial score (nSPS) is 16.2. The average Bonchev–Trinajstić information content (AvgIpc) is 3.23. The van der Waals surface area contributed by atoms with E-state index in [1.54, 1.807) is 20.8 Å². The molecule has 6 heteroatoms. The predicted molar refractivity (Wildman–Crippen MR) is 142 cm³/mol. The SMILES string of the molecule is CC(C)(C)OC(=O)C[C@H](Cc1ccc(-c2ccccc2)cc1)C(=O)N1C(=O)OC[C@H]1Cc1ccccc1. The van der Waals surface area contributed by atoms with Gasteiger partial charge in [0, 0.05) is 0 Å². The van der Waals surface area contributed by atoms with Crippen LogP contribution in [0, 0.1) is 5.92 Å². The molecule has 4 rings (SSSR count). The van der Waals surface area contributed by atoms with E-state index in [4.69, 9.17) is 9.47 Å². The molecule has 1 heterocycles. The van der Waals surface area contributed by atoms with Crippen molar-refractivity contribution in [1.29, 1.82) is 0 Å². The monoisotopic (exact) mass is 499 g/mol. The minimum Gasteiger partial charge on any atom is -0.460 e. The molecule has 0 bridgehead atoms. The molecule has 37 heavy (non-hydrogen) atoms. The van der Waals surface area contributed by atoms with Crippen LogP contribution in [0.5, 0.6) is 0 Å². The van der Waals surface area contributed by atoms with Gasteiger partial charge < -0.3 is 9.47 Å². The van der Waals surface area contributed by atoms with E-state index >= 15 is 0 Å². The van der Waals surface area contributed by atoms with Crippen LogP contribution in [0.25, 0.3) is 11.1 Å². The van der Waals surface area contributed by atoms with Gasteiger partial charge in [0.1, 0.15) is 12.2 Å². The molecule has 2 amide bonds. The summed E-state index contributed by atoms with van der Waals surface area (Å²) < 4.78 is 10.8. The topological polar surface area (TPSA) is 72.9 Å². The number of benzene rings is 3. The molecular weight excluding hydrogens is 466 g/mol. The van der Waals surface area contributed by atoms with Gasteiger partial charge in [-0.1, -0.05) is 84.9 Å². The van der Waals surface area contributed by atoms with Crippen LogP contribution >= 0.6 is 0 Å². The third kappa shape index (κ3) is 7.06. The molecule has 0 N–H and O–H groups in total. The summed E-state index contributed by atoms with van der Waals surface area (Å²) in [5.41, 5.74) is 3.38. The zero-order chi connectivity index (χ0) is 26.4. The summed E-state index contributed by atoms with van der Waals surface area (Å²) in [5, 5.41) is 0. The number of cyclic esters (lactones) is 1. The summed E-state index contributed by atoms with van der Waals surface area (Å²) >= 11 is 0. The first-order valence-electron chi connectivity index (χ1n) is 12.6. The Labute approximate surface area is 218 Å². The zero-order valence-electron chi connectivity index (χ0n) is 21.6. The Morgan fingerprint density at radius 2 is 1.49 bits per heavy atom. The molecule has 0 saturated carbocycles. The number of imide groups is 1. The second-order valence-corrected chi connectivity index (χ2v) is 10.4. The third-order valence-corrected chi connectivity index (χ3v) is 6.24. The first kappa shape index (κ1) is 26.1. The quantitative estimate of drug-likeness (QED) is 0.365. The van der Waals surface area contributed by atoms with Gasteiger partial charge in [-0.05, 0) is 55.9 Å². The van der Waals surface area contributed by atoms with Gasteiger partial charge in [-0.15, -0.1) is 0 Å². The molecule has 0 radical (unpaired) electrons. The van der Waals surface area contributed by atoms with E-state index < -0.39 is 35.5 Å². The van der Waals surface area contributed by atoms with Crippen LogP contribution in [-0.2, 0) is 31.9 Å². The molecule has 0 unspecified atom stereocenters. The first-order valence-corrected chi connectivity index (χ1v) is 12.6. The zero-order valence-corrected chi connectivity index (χ0v) is 21.6. The lowest BCUT2D eigenvalue weighted by molar-refractivity contribution is -0.158. The summed E-state index contributed by atoms with van der Waals surface area (Å²) in [7, 11) is 0. The number of rotatable bonds is 8. The van der Waals surface area contributed by atoms with Crippen molar-refractivity contribution in [3.05, 3.63) is 96.1 Å². The molecule has 1 saturated heterocycles. The lowest BCUT2D eigenvalue weighted by Gasteiger charge is -2.26. The first-order chi connectivity index (χ1) is 17.7. The molecular formula is C31H33NO5. The number of nitrogens with zero attached hydrogens (tertiary/aromatic N) is 1. The molecule has 2 atom stereocenters. The number of hydrogen-bond acceptors (Lipinski definition) is 5. The second-order valence-electron chi connectivity index (χ2n) is 10.4. The predicted octanol–water partition coefficient (Wildman–Crippen LogP) is 5.83. The Morgan fingerprint density at radius 3 is 2.11 bits per heavy atom. The van der Waals surface area contributed by atoms with Gasteiger partial charge >= 0.3 is 12.1 Å². The minimum absolute atomic E-state index is 0.127. The van der Waals surface area contributed by atoms with Gasteiger partial charge in [-0.25, -0.2) is 9.69 Å². The number of esters is 1. The van der Waals surface area contributed by atoms with Crippen LogP contribution in [-0.4, -0.2) is 41.1 Å². The maximum Gasteiger partial charge on any atom is 0.416 e. The van der Waals surface area contributed by atoms with Gasteiger partial charge in [0.15, 0.2) is 0 Å². The molecule has 0 aromatic heterocycles. The lowest BCUT2D eigenvalue weighted by Crippen LogP contribution is -2.45. The fraction of sp³-hybridized carbons (Fsp3) is 0.323. The van der Waals surface area contributed by atoms with Gasteiger partial charge in [0.25, 0.3) is 0 Å². The maximum atomic E-state index is 13.8. The van der Waals surface area contributed by atoms with Crippen molar-refractivity contribution in [2.24, 2.45) is 5.92 Å². The Bertz CT molecular complexity index is 1220. The number of hydrogen-bond donors (Lipinski definition) is 0. The molecule has 1 fully saturated rings. The van der Waals surface area contributed by atoms with Crippen molar-refractivity contribution in [1.82, 2.24) is 4.90 Å². The highest BCUT2D eigenvalue weighted by Crippen LogP contribution is 2.26. The van der Waals surface area contributed by atoms with Gasteiger partial charge in [-0.3, -0.25) is 9.59 Å². The largest absolute Gasteiger partial charge is 0.460 e. The van der Waals surface area contributed by atoms with E-state index in [1.807, 2.05) is 84.9 Å². The van der Waals surface area contributed by atoms with Crippen molar-refractivity contribution in [3.63, 3.8) is 0 Å². The van der Waals surface area contributed by atoms with Crippen LogP contribution in [0.15, 0.2) is 84.9 Å². The molecule has 192 valence electrons. The summed E-state index contributed by atoms with van der Waals surface area (Å²) in [4.78, 5) is 40.4.